The van der Waals surface area contributed by atoms with Gasteiger partial charge < -0.3 is 0 Å². The van der Waals surface area contributed by atoms with Crippen LogP contribution in [0.3, 0.4) is 0 Å². The van der Waals surface area contributed by atoms with Crippen molar-refractivity contribution < 1.29 is 4.79 Å². The summed E-state index contributed by atoms with van der Waals surface area (Å²) in [4.78, 5) is 10.6. The van der Waals surface area contributed by atoms with Gasteiger partial charge in [0.25, 0.3) is 0 Å². The average Bonchev–Trinajstić information content (AvgIpc) is 1.82. The molecule has 0 N–H and O–H groups in total. The highest BCUT2D eigenvalue weighted by molar-refractivity contribution is 7.81. The molecule has 1 nitrogen and oxygen atoms in total. The van der Waals surface area contributed by atoms with Gasteiger partial charge in [0.2, 0.25) is 0 Å². The lowest BCUT2D eigenvalue weighted by atomic mass is 10.1. The fourth-order valence-corrected chi connectivity index (χ4v) is 0.783. The molecule has 0 aromatic heterocycles. The van der Waals surface area contributed by atoms with E-state index in [2.05, 4.69) is 19.6 Å². The van der Waals surface area contributed by atoms with Gasteiger partial charge in [-0.3, -0.25) is 4.79 Å². The van der Waals surface area contributed by atoms with Crippen LogP contribution in [0.1, 0.15) is 33.1 Å². The molecule has 0 bridgehead atoms. The lowest BCUT2D eigenvalue weighted by Gasteiger charge is -2.02. The van der Waals surface area contributed by atoms with Crippen molar-refractivity contribution in [3.05, 3.63) is 0 Å². The molecule has 0 saturated heterocycles. The van der Waals surface area contributed by atoms with Crippen LogP contribution in [0.2, 0.25) is 0 Å². The molecule has 0 spiro atoms. The van der Waals surface area contributed by atoms with Crippen molar-refractivity contribution in [3.8, 4) is 0 Å². The van der Waals surface area contributed by atoms with E-state index in [-0.39, 0.29) is 11.0 Å². The Labute approximate surface area is 62.2 Å². The van der Waals surface area contributed by atoms with Gasteiger partial charge in [-0.1, -0.05) is 19.8 Å². The summed E-state index contributed by atoms with van der Waals surface area (Å²) in [5, 5.41) is -0.0232. The first kappa shape index (κ1) is 9.02. The predicted octanol–water partition coefficient (Wildman–Crippen LogP) is 2.06. The first-order chi connectivity index (χ1) is 4.18. The third-order valence-corrected chi connectivity index (χ3v) is 1.92. The molecule has 0 aliphatic heterocycles. The molecule has 0 aromatic carbocycles. The molecular weight excluding hydrogens is 132 g/mol. The van der Waals surface area contributed by atoms with Gasteiger partial charge in [-0.05, 0) is 13.3 Å². The second kappa shape index (κ2) is 4.86. The highest BCUT2D eigenvalue weighted by atomic mass is 32.1. The molecule has 0 radical (unpaired) electrons. The zero-order valence-corrected chi connectivity index (χ0v) is 6.95. The van der Waals surface area contributed by atoms with Gasteiger partial charge in [0, 0.05) is 0 Å². The number of unbranched alkanes of at least 4 members (excludes halogenated alkanes) is 1. The summed E-state index contributed by atoms with van der Waals surface area (Å²) in [5.41, 5.74) is 0. The van der Waals surface area contributed by atoms with Crippen LogP contribution in [0.5, 0.6) is 0 Å². The molecule has 1 atom stereocenters. The molecule has 9 heavy (non-hydrogen) atoms. The second-order valence-corrected chi connectivity index (χ2v) is 2.89. The van der Waals surface area contributed by atoms with E-state index >= 15 is 0 Å². The first-order valence-corrected chi connectivity index (χ1v) is 3.88. The summed E-state index contributed by atoms with van der Waals surface area (Å²) in [6.07, 6.45) is 3.17. The molecule has 54 valence electrons. The van der Waals surface area contributed by atoms with Crippen molar-refractivity contribution >= 4 is 18.4 Å². The second-order valence-electron chi connectivity index (χ2n) is 2.27. The van der Waals surface area contributed by atoms with Crippen molar-refractivity contribution in [1.82, 2.24) is 0 Å². The minimum Gasteiger partial charge on any atom is -0.299 e. The fraction of sp³-hybridized carbons (Fsp3) is 0.857. The Morgan fingerprint density at radius 2 is 2.22 bits per heavy atom. The lowest BCUT2D eigenvalue weighted by molar-refractivity contribution is -0.116. The monoisotopic (exact) mass is 146 g/mol. The summed E-state index contributed by atoms with van der Waals surface area (Å²) in [5.74, 6) is 0.187. The van der Waals surface area contributed by atoms with E-state index in [0.29, 0.717) is 0 Å². The van der Waals surface area contributed by atoms with Gasteiger partial charge in [-0.15, -0.1) is 0 Å². The van der Waals surface area contributed by atoms with Gasteiger partial charge in [0.05, 0.1) is 5.25 Å². The Morgan fingerprint density at radius 3 is 2.56 bits per heavy atom. The predicted molar refractivity (Wildman–Crippen MR) is 43.0 cm³/mol. The summed E-state index contributed by atoms with van der Waals surface area (Å²) >= 11 is 4.11. The third-order valence-electron chi connectivity index (χ3n) is 1.30. The maximum absolute atomic E-state index is 10.6. The Hall–Kier alpha value is 0.0200. The molecule has 0 aliphatic rings. The van der Waals surface area contributed by atoms with Crippen LogP contribution < -0.4 is 0 Å². The van der Waals surface area contributed by atoms with Crippen molar-refractivity contribution in [2.45, 2.75) is 38.4 Å². The molecule has 0 aliphatic carbocycles. The molecule has 0 rings (SSSR count). The number of thiol groups is 1. The highest BCUT2D eigenvalue weighted by Gasteiger charge is 2.05. The Morgan fingerprint density at radius 1 is 1.67 bits per heavy atom. The topological polar surface area (TPSA) is 17.1 Å². The molecular formula is C7H14OS. The Kier molecular flexibility index (Phi) is 4.87. The Balaban J connectivity index is 3.27. The van der Waals surface area contributed by atoms with Crippen LogP contribution in [-0.4, -0.2) is 11.0 Å². The normalized spacial score (nSPS) is 13.2. The van der Waals surface area contributed by atoms with Crippen LogP contribution in [0, 0.1) is 0 Å². The Bertz CT molecular complexity index is 90.9. The van der Waals surface area contributed by atoms with Crippen LogP contribution in [0.4, 0.5) is 0 Å². The summed E-state index contributed by atoms with van der Waals surface area (Å²) in [7, 11) is 0. The van der Waals surface area contributed by atoms with Gasteiger partial charge in [0.15, 0.2) is 0 Å². The summed E-state index contributed by atoms with van der Waals surface area (Å²) in [6.45, 7) is 3.70. The van der Waals surface area contributed by atoms with Gasteiger partial charge >= 0.3 is 0 Å². The largest absolute Gasteiger partial charge is 0.299 e. The number of rotatable bonds is 4. The third kappa shape index (κ3) is 4.52. The first-order valence-electron chi connectivity index (χ1n) is 3.37. The molecule has 0 aromatic rings. The smallest absolute Gasteiger partial charge is 0.142 e. The van der Waals surface area contributed by atoms with Crippen LogP contribution in [-0.2, 0) is 4.79 Å². The zero-order valence-electron chi connectivity index (χ0n) is 6.05. The quantitative estimate of drug-likeness (QED) is 0.601. The van der Waals surface area contributed by atoms with Crippen LogP contribution in [0.25, 0.3) is 0 Å². The molecule has 0 amide bonds. The maximum atomic E-state index is 10.6. The molecule has 2 heteroatoms. The molecule has 1 unspecified atom stereocenters. The van der Waals surface area contributed by atoms with E-state index < -0.39 is 0 Å². The van der Waals surface area contributed by atoms with E-state index in [1.54, 1.807) is 6.92 Å². The highest BCUT2D eigenvalue weighted by Crippen LogP contribution is 2.06. The summed E-state index contributed by atoms with van der Waals surface area (Å²) < 4.78 is 0. The van der Waals surface area contributed by atoms with Crippen molar-refractivity contribution in [2.75, 3.05) is 0 Å². The number of ketones is 1. The van der Waals surface area contributed by atoms with E-state index in [1.807, 2.05) is 0 Å². The molecule has 0 fully saturated rings. The van der Waals surface area contributed by atoms with Gasteiger partial charge in [-0.2, -0.15) is 12.6 Å². The van der Waals surface area contributed by atoms with Crippen molar-refractivity contribution in [1.29, 1.82) is 0 Å². The number of carbonyl (C=O) groups is 1. The number of hydrogen-bond donors (Lipinski definition) is 1. The van der Waals surface area contributed by atoms with Gasteiger partial charge in [-0.25, -0.2) is 0 Å². The fourth-order valence-electron chi connectivity index (χ4n) is 0.601. The minimum absolute atomic E-state index is 0.0232. The van der Waals surface area contributed by atoms with Gasteiger partial charge in [0.1, 0.15) is 5.78 Å². The maximum Gasteiger partial charge on any atom is 0.142 e. The van der Waals surface area contributed by atoms with Crippen LogP contribution in [0.15, 0.2) is 0 Å². The number of carbonyl (C=O) groups excluding carboxylic acids is 1. The van der Waals surface area contributed by atoms with E-state index in [0.717, 1.165) is 19.3 Å². The van der Waals surface area contributed by atoms with Crippen molar-refractivity contribution in [2.24, 2.45) is 0 Å². The molecule has 0 saturated carbocycles. The molecule has 0 heterocycles. The van der Waals surface area contributed by atoms with E-state index in [4.69, 9.17) is 0 Å². The zero-order chi connectivity index (χ0) is 7.28. The number of hydrogen-bond acceptors (Lipinski definition) is 2. The summed E-state index contributed by atoms with van der Waals surface area (Å²) in [6, 6.07) is 0. The van der Waals surface area contributed by atoms with E-state index in [9.17, 15) is 4.79 Å². The lowest BCUT2D eigenvalue weighted by Crippen LogP contribution is -2.09. The van der Waals surface area contributed by atoms with E-state index in [1.165, 1.54) is 0 Å². The van der Waals surface area contributed by atoms with Crippen LogP contribution >= 0.6 is 12.6 Å². The SMILES string of the molecule is CCCCC(S)C(C)=O. The standard InChI is InChI=1S/C7H14OS/c1-3-4-5-7(9)6(2)8/h7,9H,3-5H2,1-2H3. The minimum atomic E-state index is -0.0232. The van der Waals surface area contributed by atoms with Crippen molar-refractivity contribution in [3.63, 3.8) is 0 Å². The number of Topliss-reactive ketones (excluding diaryl/α,β-unsaturated/α-hetero) is 1. The average molecular weight is 146 g/mol.